The molecule has 1 amide bonds. The van der Waals surface area contributed by atoms with E-state index in [1.165, 1.54) is 24.0 Å². The van der Waals surface area contributed by atoms with Crippen molar-refractivity contribution in [2.75, 3.05) is 57.4 Å². The third-order valence-corrected chi connectivity index (χ3v) is 14.3. The zero-order chi connectivity index (χ0) is 32.8. The number of nitrogens with zero attached hydrogens (tertiary/aromatic N) is 2. The maximum Gasteiger partial charge on any atom is 0.262 e. The fourth-order valence-electron chi connectivity index (χ4n) is 8.69. The number of ether oxygens (including phenoxy) is 2. The van der Waals surface area contributed by atoms with Gasteiger partial charge >= 0.3 is 0 Å². The molecule has 47 heavy (non-hydrogen) atoms. The smallest absolute Gasteiger partial charge is 0.262 e. The largest absolute Gasteiger partial charge is 0.490 e. The summed E-state index contributed by atoms with van der Waals surface area (Å²) in [5.41, 5.74) is 3.91. The first kappa shape index (κ1) is 33.0. The zero-order valence-electron chi connectivity index (χ0n) is 27.9. The molecule has 254 valence electrons. The van der Waals surface area contributed by atoms with Gasteiger partial charge in [-0.05, 0) is 116 Å². The molecule has 2 aromatic carbocycles. The molecule has 7 atom stereocenters. The van der Waals surface area contributed by atoms with Crippen LogP contribution in [0.1, 0.15) is 67.4 Å². The molecular weight excluding hydrogens is 630 g/mol. The molecule has 0 radical (unpaired) electrons. The van der Waals surface area contributed by atoms with Crippen LogP contribution in [-0.4, -0.2) is 78.7 Å². The van der Waals surface area contributed by atoms with Crippen molar-refractivity contribution >= 4 is 38.8 Å². The van der Waals surface area contributed by atoms with Gasteiger partial charge in [-0.3, -0.25) is 14.4 Å². The first-order chi connectivity index (χ1) is 22.6. The van der Waals surface area contributed by atoms with Crippen molar-refractivity contribution in [2.45, 2.75) is 63.0 Å². The summed E-state index contributed by atoms with van der Waals surface area (Å²) in [6, 6.07) is 12.1. The number of fused-ring (bicyclic) bond motifs is 4. The lowest BCUT2D eigenvalue weighted by Gasteiger charge is -2.47. The van der Waals surface area contributed by atoms with Crippen LogP contribution in [0.3, 0.4) is 0 Å². The zero-order valence-corrected chi connectivity index (χ0v) is 29.5. The standard InChI is InChI=1S/C38H50ClN3O4S/c1-26-6-4-7-30(22-41-16-18-45-19-17-41)33-12-9-31(33)23-42-24-38(15-5-8-28-20-32(39)11-13-34(28)38)25-46-36-14-10-29(21-35(36)42)37(43)40-47(3,44)27(26)2/h4,7,10-11,13-14,20-21,26-27,30-31,33H,3,5-6,8-9,12,15-19,22-25H2,1-2H3,(H,40,43,44)/b7-4+/t26-,27+,30+,31-,33-,38-,47?/m0/s1. The number of amides is 1. The fraction of sp³-hybridized carbons (Fsp3) is 0.579. The van der Waals surface area contributed by atoms with Crippen molar-refractivity contribution in [3.8, 4) is 5.75 Å². The highest BCUT2D eigenvalue weighted by molar-refractivity contribution is 7.99. The molecule has 7 rings (SSSR count). The molecule has 9 heteroatoms. The number of benzene rings is 2. The molecule has 2 aliphatic carbocycles. The molecule has 2 fully saturated rings. The fourth-order valence-corrected chi connectivity index (χ4v) is 10.4. The van der Waals surface area contributed by atoms with Crippen LogP contribution in [0.15, 0.2) is 48.6 Å². The molecular formula is C38H50ClN3O4S. The maximum atomic E-state index is 13.9. The normalized spacial score (nSPS) is 35.4. The third kappa shape index (κ3) is 6.72. The van der Waals surface area contributed by atoms with Gasteiger partial charge in [-0.1, -0.05) is 36.7 Å². The van der Waals surface area contributed by atoms with Crippen LogP contribution in [0.2, 0.25) is 5.02 Å². The second-order valence-electron chi connectivity index (χ2n) is 14.9. The van der Waals surface area contributed by atoms with Crippen LogP contribution >= 0.6 is 11.6 Å². The monoisotopic (exact) mass is 679 g/mol. The van der Waals surface area contributed by atoms with Gasteiger partial charge in [-0.15, -0.1) is 0 Å². The molecule has 2 bridgehead atoms. The predicted octanol–water partition coefficient (Wildman–Crippen LogP) is 6.13. The topological polar surface area (TPSA) is 71.1 Å². The second kappa shape index (κ2) is 13.4. The highest BCUT2D eigenvalue weighted by Gasteiger charge is 2.44. The van der Waals surface area contributed by atoms with Gasteiger partial charge in [0.25, 0.3) is 5.91 Å². The highest BCUT2D eigenvalue weighted by atomic mass is 35.5. The Morgan fingerprint density at radius 2 is 1.96 bits per heavy atom. The van der Waals surface area contributed by atoms with Crippen molar-refractivity contribution in [2.24, 2.45) is 23.7 Å². The summed E-state index contributed by atoms with van der Waals surface area (Å²) in [6.07, 6.45) is 11.1. The molecule has 1 saturated heterocycles. The van der Waals surface area contributed by atoms with Gasteiger partial charge in [-0.2, -0.15) is 0 Å². The number of morpholine rings is 1. The molecule has 1 saturated carbocycles. The molecule has 0 aromatic heterocycles. The molecule has 5 aliphatic rings. The van der Waals surface area contributed by atoms with Gasteiger partial charge in [0.05, 0.1) is 35.2 Å². The molecule has 1 unspecified atom stereocenters. The maximum absolute atomic E-state index is 13.9. The van der Waals surface area contributed by atoms with Crippen LogP contribution in [0.5, 0.6) is 5.75 Å². The Morgan fingerprint density at radius 3 is 2.74 bits per heavy atom. The lowest BCUT2D eigenvalue weighted by atomic mass is 9.65. The molecule has 1 N–H and O–H groups in total. The van der Waals surface area contributed by atoms with Crippen molar-refractivity contribution in [3.63, 3.8) is 0 Å². The quantitative estimate of drug-likeness (QED) is 0.304. The number of rotatable bonds is 2. The lowest BCUT2D eigenvalue weighted by Crippen LogP contribution is -2.50. The Kier molecular flexibility index (Phi) is 9.42. The van der Waals surface area contributed by atoms with Crippen LogP contribution in [0.4, 0.5) is 5.69 Å². The Bertz CT molecular complexity index is 1620. The number of hydrogen-bond donors (Lipinski definition) is 1. The van der Waals surface area contributed by atoms with Crippen LogP contribution in [0.25, 0.3) is 0 Å². The van der Waals surface area contributed by atoms with Gasteiger partial charge in [0, 0.05) is 54.0 Å². The number of aryl methyl sites for hydroxylation is 1. The van der Waals surface area contributed by atoms with Gasteiger partial charge < -0.3 is 14.4 Å². The summed E-state index contributed by atoms with van der Waals surface area (Å²) in [5, 5.41) is 0.500. The summed E-state index contributed by atoms with van der Waals surface area (Å²) in [7, 11) is -2.89. The van der Waals surface area contributed by atoms with Gasteiger partial charge in [0.1, 0.15) is 5.75 Å². The lowest BCUT2D eigenvalue weighted by molar-refractivity contribution is 0.0190. The average Bonchev–Trinajstić information content (AvgIpc) is 3.19. The summed E-state index contributed by atoms with van der Waals surface area (Å²) in [5.74, 6) is 6.14. The van der Waals surface area contributed by atoms with Crippen LogP contribution in [-0.2, 0) is 26.3 Å². The van der Waals surface area contributed by atoms with Gasteiger partial charge in [0.2, 0.25) is 0 Å². The second-order valence-corrected chi connectivity index (χ2v) is 17.7. The molecule has 3 heterocycles. The van der Waals surface area contributed by atoms with Gasteiger partial charge in [-0.25, -0.2) is 4.21 Å². The average molecular weight is 680 g/mol. The van der Waals surface area contributed by atoms with Crippen molar-refractivity contribution < 1.29 is 18.5 Å². The number of carbonyl (C=O) groups is 1. The van der Waals surface area contributed by atoms with E-state index in [0.29, 0.717) is 29.9 Å². The van der Waals surface area contributed by atoms with Crippen molar-refractivity contribution in [3.05, 3.63) is 70.3 Å². The van der Waals surface area contributed by atoms with Crippen LogP contribution in [0, 0.1) is 23.7 Å². The SMILES string of the molecule is C=S1(=O)NC(=O)c2ccc3c(c2)N(C[C@@H]2CC[C@H]2[C@@H](CN2CCOCC2)/C=C/C[C@H](C)[C@H]1C)C[C@@]1(CCCc2cc(Cl)ccc21)CO3. The molecule has 3 aliphatic heterocycles. The summed E-state index contributed by atoms with van der Waals surface area (Å²) in [4.78, 5) is 18.8. The minimum atomic E-state index is -2.89. The number of halogens is 1. The van der Waals surface area contributed by atoms with E-state index in [9.17, 15) is 9.00 Å². The van der Waals surface area contributed by atoms with E-state index in [1.807, 2.05) is 25.1 Å². The third-order valence-electron chi connectivity index (χ3n) is 11.9. The van der Waals surface area contributed by atoms with E-state index >= 15 is 0 Å². The Morgan fingerprint density at radius 1 is 1.13 bits per heavy atom. The van der Waals surface area contributed by atoms with E-state index in [-0.39, 0.29) is 22.5 Å². The summed E-state index contributed by atoms with van der Waals surface area (Å²) >= 11 is 6.48. The molecule has 2 aromatic rings. The number of anilines is 1. The van der Waals surface area contributed by atoms with Crippen molar-refractivity contribution in [1.29, 1.82) is 0 Å². The van der Waals surface area contributed by atoms with Gasteiger partial charge in [0.15, 0.2) is 0 Å². The molecule has 1 spiro atoms. The number of allylic oxidation sites excluding steroid dienone is 1. The first-order valence-corrected chi connectivity index (χ1v) is 19.7. The van der Waals surface area contributed by atoms with E-state index in [1.54, 1.807) is 6.07 Å². The van der Waals surface area contributed by atoms with E-state index < -0.39 is 9.71 Å². The van der Waals surface area contributed by atoms with E-state index in [4.69, 9.17) is 21.1 Å². The summed E-state index contributed by atoms with van der Waals surface area (Å²) in [6.45, 7) is 10.9. The summed E-state index contributed by atoms with van der Waals surface area (Å²) < 4.78 is 29.1. The molecule has 7 nitrogen and oxygen atoms in total. The van der Waals surface area contributed by atoms with E-state index in [2.05, 4.69) is 51.6 Å². The minimum absolute atomic E-state index is 0.103. The predicted molar refractivity (Wildman–Crippen MR) is 192 cm³/mol. The number of carbonyl (C=O) groups excluding carboxylic acids is 1. The van der Waals surface area contributed by atoms with Crippen LogP contribution < -0.4 is 14.4 Å². The number of nitrogens with one attached hydrogen (secondary N) is 1. The Labute approximate surface area is 286 Å². The first-order valence-electron chi connectivity index (χ1n) is 17.6. The minimum Gasteiger partial charge on any atom is -0.490 e. The Hall–Kier alpha value is -2.52. The number of hydrogen-bond acceptors (Lipinski definition) is 6. The van der Waals surface area contributed by atoms with E-state index in [0.717, 1.165) is 88.1 Å². The Balaban J connectivity index is 1.28. The van der Waals surface area contributed by atoms with Crippen molar-refractivity contribution in [1.82, 2.24) is 9.62 Å². The highest BCUT2D eigenvalue weighted by Crippen LogP contribution is 2.47.